The summed E-state index contributed by atoms with van der Waals surface area (Å²) >= 11 is 0. The van der Waals surface area contributed by atoms with Gasteiger partial charge in [0.25, 0.3) is 0 Å². The molecule has 1 aliphatic rings. The smallest absolute Gasteiger partial charge is 0.238 e. The van der Waals surface area contributed by atoms with Crippen LogP contribution in [0, 0.1) is 0 Å². The second kappa shape index (κ2) is 4.99. The highest BCUT2D eigenvalue weighted by Gasteiger charge is 2.14. The van der Waals surface area contributed by atoms with E-state index >= 15 is 0 Å². The number of phenols is 1. The topological polar surface area (TPSA) is 52.6 Å². The van der Waals surface area contributed by atoms with Crippen LogP contribution in [0.15, 0.2) is 24.3 Å². The summed E-state index contributed by atoms with van der Waals surface area (Å²) < 4.78 is 0. The first kappa shape index (κ1) is 11.0. The van der Waals surface area contributed by atoms with Gasteiger partial charge in [-0.1, -0.05) is 0 Å². The molecule has 0 bridgehead atoms. The quantitative estimate of drug-likeness (QED) is 0.758. The lowest BCUT2D eigenvalue weighted by Crippen LogP contribution is -2.30. The van der Waals surface area contributed by atoms with Gasteiger partial charge in [-0.25, -0.2) is 0 Å². The fraction of sp³-hybridized carbons (Fsp3) is 0.417. The SMILES string of the molecule is O=C(CN1CCCC1)Nc1ccc(O)cc1. The highest BCUT2D eigenvalue weighted by molar-refractivity contribution is 5.92. The van der Waals surface area contributed by atoms with Gasteiger partial charge in [-0.2, -0.15) is 0 Å². The number of hydrogen-bond donors (Lipinski definition) is 2. The number of phenolic OH excluding ortho intramolecular Hbond substituents is 1. The van der Waals surface area contributed by atoms with Gasteiger partial charge >= 0.3 is 0 Å². The number of carbonyl (C=O) groups is 1. The van der Waals surface area contributed by atoms with Crippen LogP contribution in [-0.4, -0.2) is 35.5 Å². The van der Waals surface area contributed by atoms with Crippen molar-refractivity contribution < 1.29 is 9.90 Å². The Morgan fingerprint density at radius 2 is 1.88 bits per heavy atom. The second-order valence-corrected chi connectivity index (χ2v) is 4.08. The third-order valence-corrected chi connectivity index (χ3v) is 2.72. The number of nitrogens with one attached hydrogen (secondary N) is 1. The molecule has 1 fully saturated rings. The van der Waals surface area contributed by atoms with Crippen LogP contribution in [0.2, 0.25) is 0 Å². The van der Waals surface area contributed by atoms with Crippen molar-refractivity contribution >= 4 is 11.6 Å². The molecular weight excluding hydrogens is 204 g/mol. The van der Waals surface area contributed by atoms with Gasteiger partial charge in [-0.15, -0.1) is 0 Å². The molecular formula is C12H16N2O2. The summed E-state index contributed by atoms with van der Waals surface area (Å²) in [6, 6.07) is 6.51. The third-order valence-electron chi connectivity index (χ3n) is 2.72. The van der Waals surface area contributed by atoms with Gasteiger partial charge in [-0.05, 0) is 50.2 Å². The van der Waals surface area contributed by atoms with E-state index in [9.17, 15) is 4.79 Å². The Labute approximate surface area is 94.9 Å². The molecule has 2 rings (SSSR count). The van der Waals surface area contributed by atoms with Crippen LogP contribution in [-0.2, 0) is 4.79 Å². The van der Waals surface area contributed by atoms with Crippen molar-refractivity contribution in [1.29, 1.82) is 0 Å². The molecule has 0 unspecified atom stereocenters. The van der Waals surface area contributed by atoms with E-state index in [4.69, 9.17) is 5.11 Å². The van der Waals surface area contributed by atoms with Crippen LogP contribution in [0.3, 0.4) is 0 Å². The standard InChI is InChI=1S/C12H16N2O2/c15-11-5-3-10(4-6-11)13-12(16)9-14-7-1-2-8-14/h3-6,15H,1-2,7-9H2,(H,13,16). The molecule has 1 aliphatic heterocycles. The zero-order valence-electron chi connectivity index (χ0n) is 9.15. The average Bonchev–Trinajstić information content (AvgIpc) is 2.74. The summed E-state index contributed by atoms with van der Waals surface area (Å²) in [5.41, 5.74) is 0.724. The van der Waals surface area contributed by atoms with Gasteiger partial charge < -0.3 is 10.4 Å². The molecule has 0 aromatic heterocycles. The first-order valence-corrected chi connectivity index (χ1v) is 5.55. The van der Waals surface area contributed by atoms with Crippen molar-refractivity contribution in [2.24, 2.45) is 0 Å². The highest BCUT2D eigenvalue weighted by Crippen LogP contribution is 2.14. The van der Waals surface area contributed by atoms with Gasteiger partial charge in [0.15, 0.2) is 0 Å². The van der Waals surface area contributed by atoms with E-state index in [1.165, 1.54) is 12.8 Å². The number of likely N-dealkylation sites (tertiary alicyclic amines) is 1. The van der Waals surface area contributed by atoms with Crippen molar-refractivity contribution in [2.75, 3.05) is 25.0 Å². The molecule has 1 aromatic carbocycles. The maximum absolute atomic E-state index is 11.6. The summed E-state index contributed by atoms with van der Waals surface area (Å²) in [7, 11) is 0. The van der Waals surface area contributed by atoms with Crippen LogP contribution in [0.1, 0.15) is 12.8 Å². The fourth-order valence-electron chi connectivity index (χ4n) is 1.89. The van der Waals surface area contributed by atoms with E-state index in [0.717, 1.165) is 18.8 Å². The molecule has 4 heteroatoms. The van der Waals surface area contributed by atoms with E-state index in [1.54, 1.807) is 24.3 Å². The zero-order chi connectivity index (χ0) is 11.4. The molecule has 1 aromatic rings. The summed E-state index contributed by atoms with van der Waals surface area (Å²) in [4.78, 5) is 13.8. The van der Waals surface area contributed by atoms with Crippen LogP contribution in [0.4, 0.5) is 5.69 Å². The summed E-state index contributed by atoms with van der Waals surface area (Å²) in [6.07, 6.45) is 2.37. The molecule has 16 heavy (non-hydrogen) atoms. The van der Waals surface area contributed by atoms with E-state index in [1.807, 2.05) is 0 Å². The summed E-state index contributed by atoms with van der Waals surface area (Å²) in [6.45, 7) is 2.49. The first-order valence-electron chi connectivity index (χ1n) is 5.55. The summed E-state index contributed by atoms with van der Waals surface area (Å²) in [5, 5.41) is 11.9. The first-order chi connectivity index (χ1) is 7.74. The van der Waals surface area contributed by atoms with Crippen LogP contribution < -0.4 is 5.32 Å². The number of nitrogens with zero attached hydrogens (tertiary/aromatic N) is 1. The number of rotatable bonds is 3. The van der Waals surface area contributed by atoms with Crippen molar-refractivity contribution in [3.63, 3.8) is 0 Å². The number of carbonyl (C=O) groups excluding carboxylic acids is 1. The third kappa shape index (κ3) is 2.97. The Morgan fingerprint density at radius 1 is 1.25 bits per heavy atom. The minimum Gasteiger partial charge on any atom is -0.508 e. The fourth-order valence-corrected chi connectivity index (χ4v) is 1.89. The molecule has 2 N–H and O–H groups in total. The normalized spacial score (nSPS) is 16.2. The summed E-state index contributed by atoms with van der Waals surface area (Å²) in [5.74, 6) is 0.213. The van der Waals surface area contributed by atoms with Crippen molar-refractivity contribution in [3.05, 3.63) is 24.3 Å². The monoisotopic (exact) mass is 220 g/mol. The van der Waals surface area contributed by atoms with Crippen LogP contribution in [0.5, 0.6) is 5.75 Å². The lowest BCUT2D eigenvalue weighted by molar-refractivity contribution is -0.117. The van der Waals surface area contributed by atoms with Gasteiger partial charge in [0.1, 0.15) is 5.75 Å². The van der Waals surface area contributed by atoms with Gasteiger partial charge in [0.2, 0.25) is 5.91 Å². The number of aromatic hydroxyl groups is 1. The lowest BCUT2D eigenvalue weighted by Gasteiger charge is -2.13. The minimum absolute atomic E-state index is 0.00703. The Morgan fingerprint density at radius 3 is 2.50 bits per heavy atom. The molecule has 0 spiro atoms. The minimum atomic E-state index is 0.00703. The molecule has 86 valence electrons. The Bertz CT molecular complexity index is 356. The molecule has 1 amide bonds. The van der Waals surface area contributed by atoms with Crippen molar-refractivity contribution in [2.45, 2.75) is 12.8 Å². The Kier molecular flexibility index (Phi) is 3.41. The van der Waals surface area contributed by atoms with E-state index in [2.05, 4.69) is 10.2 Å². The van der Waals surface area contributed by atoms with Crippen molar-refractivity contribution in [3.8, 4) is 5.75 Å². The highest BCUT2D eigenvalue weighted by atomic mass is 16.3. The van der Waals surface area contributed by atoms with E-state index in [0.29, 0.717) is 6.54 Å². The predicted octanol–water partition coefficient (Wildman–Crippen LogP) is 1.43. The number of benzene rings is 1. The Hall–Kier alpha value is -1.55. The van der Waals surface area contributed by atoms with Gasteiger partial charge in [-0.3, -0.25) is 9.69 Å². The second-order valence-electron chi connectivity index (χ2n) is 4.08. The van der Waals surface area contributed by atoms with Gasteiger partial charge in [0, 0.05) is 5.69 Å². The molecule has 1 heterocycles. The predicted molar refractivity (Wildman–Crippen MR) is 62.4 cm³/mol. The largest absolute Gasteiger partial charge is 0.508 e. The number of hydrogen-bond acceptors (Lipinski definition) is 3. The molecule has 0 radical (unpaired) electrons. The molecule has 4 nitrogen and oxygen atoms in total. The number of amides is 1. The molecule has 1 saturated heterocycles. The van der Waals surface area contributed by atoms with Crippen LogP contribution in [0.25, 0.3) is 0 Å². The van der Waals surface area contributed by atoms with E-state index < -0.39 is 0 Å². The molecule has 0 aliphatic carbocycles. The van der Waals surface area contributed by atoms with Crippen molar-refractivity contribution in [1.82, 2.24) is 4.90 Å². The molecule has 0 saturated carbocycles. The van der Waals surface area contributed by atoms with E-state index in [-0.39, 0.29) is 11.7 Å². The molecule has 0 atom stereocenters. The zero-order valence-corrected chi connectivity index (χ0v) is 9.15. The maximum atomic E-state index is 11.6. The number of anilines is 1. The van der Waals surface area contributed by atoms with Gasteiger partial charge in [0.05, 0.1) is 6.54 Å². The maximum Gasteiger partial charge on any atom is 0.238 e. The average molecular weight is 220 g/mol. The van der Waals surface area contributed by atoms with Crippen LogP contribution >= 0.6 is 0 Å². The lowest BCUT2D eigenvalue weighted by atomic mass is 10.3. The Balaban J connectivity index is 1.84.